The lowest BCUT2D eigenvalue weighted by Gasteiger charge is -2.14. The van der Waals surface area contributed by atoms with E-state index in [9.17, 15) is 29.1 Å². The summed E-state index contributed by atoms with van der Waals surface area (Å²) in [7, 11) is 0. The van der Waals surface area contributed by atoms with Gasteiger partial charge in [0.15, 0.2) is 0 Å². The van der Waals surface area contributed by atoms with Gasteiger partial charge in [0.2, 0.25) is 11.8 Å². The normalized spacial score (nSPS) is 11.6. The lowest BCUT2D eigenvalue weighted by atomic mass is 10.0. The van der Waals surface area contributed by atoms with E-state index < -0.39 is 18.0 Å². The number of hydrogen-bond donors (Lipinski definition) is 4. The summed E-state index contributed by atoms with van der Waals surface area (Å²) in [5.74, 6) is -2.55. The Bertz CT molecular complexity index is 629. The fraction of sp³-hybridized carbons (Fsp3) is 0.800. The molecule has 0 aliphatic rings. The van der Waals surface area contributed by atoms with Crippen LogP contribution in [0.25, 0.3) is 0 Å². The number of hydrogen-bond acceptors (Lipinski definition) is 7. The lowest BCUT2D eigenvalue weighted by molar-refractivity contribution is -0.142. The summed E-state index contributed by atoms with van der Waals surface area (Å²) in [4.78, 5) is 55.9. The Morgan fingerprint density at radius 1 is 0.694 bits per heavy atom. The zero-order chi connectivity index (χ0) is 26.9. The highest BCUT2D eigenvalue weighted by Crippen LogP contribution is 2.12. The molecule has 0 bridgehead atoms. The molecule has 0 saturated heterocycles. The number of ether oxygens (including phenoxy) is 2. The number of aldehydes is 1. The van der Waals surface area contributed by atoms with Gasteiger partial charge in [-0.1, -0.05) is 51.4 Å². The van der Waals surface area contributed by atoms with Crippen molar-refractivity contribution in [1.82, 2.24) is 10.6 Å². The standard InChI is InChI=1S/C25H44N2O9/c28-16-18-36-20-19-35-17-15-26-22(29)14-13-21(25(33)34)27-23(30)11-9-7-5-3-1-2-4-6-8-10-12-24(31)32/h16,21H,1-15,17-20H2,(H,26,29)(H,27,30)(H,31,32)(H,33,34)/t21-/m0/s1. The van der Waals surface area contributed by atoms with E-state index in [1.165, 1.54) is 0 Å². The number of amides is 2. The van der Waals surface area contributed by atoms with Gasteiger partial charge in [-0.05, 0) is 19.3 Å². The Kier molecular flexibility index (Phi) is 22.5. The maximum absolute atomic E-state index is 12.1. The molecule has 0 aliphatic carbocycles. The summed E-state index contributed by atoms with van der Waals surface area (Å²) in [6.07, 6.45) is 10.9. The van der Waals surface area contributed by atoms with E-state index in [0.717, 1.165) is 57.8 Å². The summed E-state index contributed by atoms with van der Waals surface area (Å²) in [6, 6.07) is -1.11. The number of rotatable bonds is 26. The molecule has 0 aromatic rings. The van der Waals surface area contributed by atoms with Gasteiger partial charge in [-0.3, -0.25) is 14.4 Å². The van der Waals surface area contributed by atoms with E-state index in [1.54, 1.807) is 0 Å². The summed E-state index contributed by atoms with van der Waals surface area (Å²) < 4.78 is 10.1. The van der Waals surface area contributed by atoms with Crippen LogP contribution >= 0.6 is 0 Å². The number of carbonyl (C=O) groups is 5. The van der Waals surface area contributed by atoms with Crippen LogP contribution in [0.1, 0.15) is 89.9 Å². The average Bonchev–Trinajstić information content (AvgIpc) is 2.83. The molecule has 0 aromatic heterocycles. The number of carboxylic acid groups (broad SMARTS) is 2. The molecule has 0 unspecified atom stereocenters. The third-order valence-electron chi connectivity index (χ3n) is 5.46. The molecule has 0 rings (SSSR count). The van der Waals surface area contributed by atoms with Crippen LogP contribution in [0.3, 0.4) is 0 Å². The third kappa shape index (κ3) is 23.2. The Balaban J connectivity index is 3.74. The van der Waals surface area contributed by atoms with Crippen LogP contribution in [0.2, 0.25) is 0 Å². The zero-order valence-corrected chi connectivity index (χ0v) is 21.3. The second-order valence-corrected chi connectivity index (χ2v) is 8.63. The largest absolute Gasteiger partial charge is 0.481 e. The third-order valence-corrected chi connectivity index (χ3v) is 5.46. The maximum atomic E-state index is 12.1. The van der Waals surface area contributed by atoms with Crippen molar-refractivity contribution >= 4 is 30.0 Å². The highest BCUT2D eigenvalue weighted by atomic mass is 16.5. The topological polar surface area (TPSA) is 168 Å². The number of carbonyl (C=O) groups excluding carboxylic acids is 3. The maximum Gasteiger partial charge on any atom is 0.326 e. The molecule has 0 aliphatic heterocycles. The summed E-state index contributed by atoms with van der Waals surface area (Å²) in [5, 5.41) is 23.0. The molecule has 11 heteroatoms. The summed E-state index contributed by atoms with van der Waals surface area (Å²) in [6.45, 7) is 1.13. The van der Waals surface area contributed by atoms with Crippen LogP contribution in [-0.4, -0.2) is 79.3 Å². The molecule has 0 saturated carbocycles. The van der Waals surface area contributed by atoms with Crippen LogP contribution in [0, 0.1) is 0 Å². The first-order valence-corrected chi connectivity index (χ1v) is 13.0. The number of carboxylic acids is 2. The zero-order valence-electron chi connectivity index (χ0n) is 21.3. The van der Waals surface area contributed by atoms with E-state index in [0.29, 0.717) is 19.3 Å². The highest BCUT2D eigenvalue weighted by molar-refractivity contribution is 5.84. The van der Waals surface area contributed by atoms with E-state index >= 15 is 0 Å². The molecule has 0 aromatic carbocycles. The van der Waals surface area contributed by atoms with Crippen molar-refractivity contribution in [2.75, 3.05) is 33.0 Å². The quantitative estimate of drug-likeness (QED) is 0.0996. The Morgan fingerprint density at radius 3 is 1.81 bits per heavy atom. The molecule has 11 nitrogen and oxygen atoms in total. The van der Waals surface area contributed by atoms with Crippen LogP contribution in [0.15, 0.2) is 0 Å². The minimum absolute atomic E-state index is 0.00358. The molecule has 0 radical (unpaired) electrons. The first kappa shape index (κ1) is 33.5. The van der Waals surface area contributed by atoms with E-state index in [4.69, 9.17) is 14.6 Å². The van der Waals surface area contributed by atoms with Gasteiger partial charge in [-0.25, -0.2) is 4.79 Å². The van der Waals surface area contributed by atoms with Gasteiger partial charge >= 0.3 is 11.9 Å². The highest BCUT2D eigenvalue weighted by Gasteiger charge is 2.20. The van der Waals surface area contributed by atoms with Crippen LogP contribution < -0.4 is 10.6 Å². The fourth-order valence-electron chi connectivity index (χ4n) is 3.48. The van der Waals surface area contributed by atoms with Crippen molar-refractivity contribution in [2.24, 2.45) is 0 Å². The second kappa shape index (κ2) is 24.2. The molecule has 208 valence electrons. The first-order valence-electron chi connectivity index (χ1n) is 13.0. The molecule has 36 heavy (non-hydrogen) atoms. The van der Waals surface area contributed by atoms with Crippen molar-refractivity contribution in [2.45, 2.75) is 95.9 Å². The van der Waals surface area contributed by atoms with Crippen LogP contribution in [0.5, 0.6) is 0 Å². The van der Waals surface area contributed by atoms with Crippen molar-refractivity contribution < 1.29 is 43.7 Å². The minimum Gasteiger partial charge on any atom is -0.481 e. The fourth-order valence-corrected chi connectivity index (χ4v) is 3.48. The molecule has 0 spiro atoms. The number of unbranched alkanes of at least 4 members (excludes halogenated alkanes) is 9. The van der Waals surface area contributed by atoms with E-state index in [2.05, 4.69) is 10.6 Å². The van der Waals surface area contributed by atoms with Gasteiger partial charge in [0.25, 0.3) is 0 Å². The van der Waals surface area contributed by atoms with Gasteiger partial charge in [-0.15, -0.1) is 0 Å². The number of aliphatic carboxylic acids is 2. The van der Waals surface area contributed by atoms with Gasteiger partial charge < -0.3 is 35.1 Å². The molecular weight excluding hydrogens is 472 g/mol. The van der Waals surface area contributed by atoms with Crippen molar-refractivity contribution in [3.8, 4) is 0 Å². The van der Waals surface area contributed by atoms with E-state index in [1.807, 2.05) is 0 Å². The van der Waals surface area contributed by atoms with Crippen molar-refractivity contribution in [1.29, 1.82) is 0 Å². The summed E-state index contributed by atoms with van der Waals surface area (Å²) in [5.41, 5.74) is 0. The lowest BCUT2D eigenvalue weighted by Crippen LogP contribution is -2.41. The number of nitrogens with one attached hydrogen (secondary N) is 2. The van der Waals surface area contributed by atoms with Crippen LogP contribution in [0.4, 0.5) is 0 Å². The van der Waals surface area contributed by atoms with Gasteiger partial charge in [0.1, 0.15) is 18.9 Å². The van der Waals surface area contributed by atoms with Gasteiger partial charge in [0, 0.05) is 25.8 Å². The SMILES string of the molecule is O=CCOCCOCCNC(=O)CC[C@H](NC(=O)CCCCCCCCCCCCC(=O)O)C(=O)O. The van der Waals surface area contributed by atoms with Crippen molar-refractivity contribution in [3.05, 3.63) is 0 Å². The second-order valence-electron chi connectivity index (χ2n) is 8.63. The molecule has 4 N–H and O–H groups in total. The average molecular weight is 517 g/mol. The molecule has 0 fully saturated rings. The molecule has 1 atom stereocenters. The first-order chi connectivity index (χ1) is 17.4. The summed E-state index contributed by atoms with van der Waals surface area (Å²) >= 11 is 0. The van der Waals surface area contributed by atoms with Gasteiger partial charge in [-0.2, -0.15) is 0 Å². The minimum atomic E-state index is -1.17. The molecular formula is C25H44N2O9. The van der Waals surface area contributed by atoms with E-state index in [-0.39, 0.29) is 63.9 Å². The smallest absolute Gasteiger partial charge is 0.326 e. The predicted molar refractivity (Wildman–Crippen MR) is 133 cm³/mol. The van der Waals surface area contributed by atoms with Crippen LogP contribution in [-0.2, 0) is 33.4 Å². The Hall–Kier alpha value is -2.53. The molecule has 0 heterocycles. The Morgan fingerprint density at radius 2 is 1.25 bits per heavy atom. The van der Waals surface area contributed by atoms with Crippen molar-refractivity contribution in [3.63, 3.8) is 0 Å². The monoisotopic (exact) mass is 516 g/mol. The Labute approximate surface area is 213 Å². The molecule has 2 amide bonds. The van der Waals surface area contributed by atoms with Gasteiger partial charge in [0.05, 0.1) is 19.8 Å². The predicted octanol–water partition coefficient (Wildman–Crippen LogP) is 2.45.